The Labute approximate surface area is 161 Å². The lowest BCUT2D eigenvalue weighted by atomic mass is 9.66. The first-order chi connectivity index (χ1) is 13.3. The normalized spacial score (nSPS) is 24.8. The van der Waals surface area contributed by atoms with Crippen LogP contribution in [0.25, 0.3) is 0 Å². The number of hydrogen-bond acceptors (Lipinski definition) is 5. The van der Waals surface area contributed by atoms with Crippen LogP contribution in [0.15, 0.2) is 29.5 Å². The molecule has 1 saturated carbocycles. The fourth-order valence-electron chi connectivity index (χ4n) is 3.58. The zero-order valence-corrected chi connectivity index (χ0v) is 15.5. The molecule has 1 aromatic rings. The molecule has 3 N–H and O–H groups in total. The molecule has 0 radical (unpaired) electrons. The average molecular weight is 392 g/mol. The predicted octanol–water partition coefficient (Wildman–Crippen LogP) is 3.57. The lowest BCUT2D eigenvalue weighted by molar-refractivity contribution is -0.133. The van der Waals surface area contributed by atoms with Gasteiger partial charge in [0.15, 0.2) is 11.5 Å². The first kappa shape index (κ1) is 19.9. The molecule has 3 rings (SSSR count). The molecule has 0 saturated heterocycles. The number of rotatable bonds is 7. The number of nitrogens with two attached hydrogens (primary N) is 1. The van der Waals surface area contributed by atoms with Gasteiger partial charge in [0.2, 0.25) is 0 Å². The van der Waals surface area contributed by atoms with Crippen LogP contribution in [0.1, 0.15) is 38.2 Å². The summed E-state index contributed by atoms with van der Waals surface area (Å²) in [5.41, 5.74) is 5.57. The lowest BCUT2D eigenvalue weighted by Crippen LogP contribution is -2.36. The second-order valence-electron chi connectivity index (χ2n) is 7.51. The van der Waals surface area contributed by atoms with Crippen LogP contribution >= 0.6 is 0 Å². The molecule has 0 aliphatic heterocycles. The Hall–Kier alpha value is -2.82. The third-order valence-corrected chi connectivity index (χ3v) is 5.37. The molecular formula is C20H22F2N2O4. The van der Waals surface area contributed by atoms with Crippen molar-refractivity contribution in [3.63, 3.8) is 0 Å². The first-order valence-electron chi connectivity index (χ1n) is 9.11. The molecule has 1 aromatic carbocycles. The fourth-order valence-corrected chi connectivity index (χ4v) is 3.58. The standard InChI is InChI=1S/C20H22F2N2O4/c1-11-7-20(10-23,8-14(17(11)24)18(25)26)13-4-5-15(28-19(21)22)16(6-13)27-9-12-2-3-12/h4-6,11-12,19H,2-3,7-9,24H2,1H3,(H,25,26). The number of nitriles is 1. The number of aliphatic carboxylic acids is 1. The van der Waals surface area contributed by atoms with Crippen molar-refractivity contribution in [1.29, 1.82) is 5.26 Å². The SMILES string of the molecule is CC1CC(C#N)(c2ccc(OC(F)F)c(OCC3CC3)c2)CC(C(=O)O)=C1N. The largest absolute Gasteiger partial charge is 0.489 e. The molecule has 150 valence electrons. The van der Waals surface area contributed by atoms with Crippen LogP contribution in [0.2, 0.25) is 0 Å². The highest BCUT2D eigenvalue weighted by atomic mass is 19.3. The van der Waals surface area contributed by atoms with E-state index in [9.17, 15) is 23.9 Å². The second kappa shape index (κ2) is 7.66. The highest BCUT2D eigenvalue weighted by Gasteiger charge is 2.42. The second-order valence-corrected chi connectivity index (χ2v) is 7.51. The van der Waals surface area contributed by atoms with Crippen molar-refractivity contribution in [1.82, 2.24) is 0 Å². The monoisotopic (exact) mass is 392 g/mol. The van der Waals surface area contributed by atoms with Gasteiger partial charge in [-0.2, -0.15) is 14.0 Å². The van der Waals surface area contributed by atoms with E-state index >= 15 is 0 Å². The van der Waals surface area contributed by atoms with Crippen molar-refractivity contribution < 1.29 is 28.2 Å². The van der Waals surface area contributed by atoms with Gasteiger partial charge >= 0.3 is 12.6 Å². The Morgan fingerprint density at radius 3 is 2.71 bits per heavy atom. The van der Waals surface area contributed by atoms with Gasteiger partial charge < -0.3 is 20.3 Å². The first-order valence-corrected chi connectivity index (χ1v) is 9.11. The van der Waals surface area contributed by atoms with Gasteiger partial charge in [-0.3, -0.25) is 0 Å². The molecule has 0 bridgehead atoms. The molecule has 6 nitrogen and oxygen atoms in total. The molecule has 8 heteroatoms. The van der Waals surface area contributed by atoms with E-state index in [0.717, 1.165) is 12.8 Å². The highest BCUT2D eigenvalue weighted by Crippen LogP contribution is 2.45. The van der Waals surface area contributed by atoms with Gasteiger partial charge in [-0.15, -0.1) is 0 Å². The van der Waals surface area contributed by atoms with Crippen molar-refractivity contribution in [3.8, 4) is 17.6 Å². The molecular weight excluding hydrogens is 370 g/mol. The van der Waals surface area contributed by atoms with Gasteiger partial charge in [0.05, 0.1) is 23.7 Å². The van der Waals surface area contributed by atoms with Crippen LogP contribution in [-0.4, -0.2) is 24.3 Å². The maximum absolute atomic E-state index is 12.7. The zero-order chi connectivity index (χ0) is 20.5. The van der Waals surface area contributed by atoms with Crippen LogP contribution < -0.4 is 15.2 Å². The average Bonchev–Trinajstić information content (AvgIpc) is 3.47. The molecule has 0 amide bonds. The number of ether oxygens (including phenoxy) is 2. The maximum Gasteiger partial charge on any atom is 0.387 e. The Kier molecular flexibility index (Phi) is 5.45. The topological polar surface area (TPSA) is 106 Å². The molecule has 0 heterocycles. The summed E-state index contributed by atoms with van der Waals surface area (Å²) in [6, 6.07) is 6.60. The summed E-state index contributed by atoms with van der Waals surface area (Å²) in [5, 5.41) is 19.4. The summed E-state index contributed by atoms with van der Waals surface area (Å²) in [6.45, 7) is -0.857. The Bertz CT molecular complexity index is 845. The number of carboxylic acid groups (broad SMARTS) is 1. The maximum atomic E-state index is 12.7. The smallest absolute Gasteiger partial charge is 0.387 e. The van der Waals surface area contributed by atoms with Crippen LogP contribution in [0.3, 0.4) is 0 Å². The van der Waals surface area contributed by atoms with Gasteiger partial charge in [0.25, 0.3) is 0 Å². The van der Waals surface area contributed by atoms with Crippen molar-refractivity contribution in [3.05, 3.63) is 35.0 Å². The van der Waals surface area contributed by atoms with E-state index in [-0.39, 0.29) is 35.1 Å². The zero-order valence-electron chi connectivity index (χ0n) is 15.5. The van der Waals surface area contributed by atoms with Crippen molar-refractivity contribution in [2.24, 2.45) is 17.6 Å². The summed E-state index contributed by atoms with van der Waals surface area (Å²) in [6.07, 6.45) is 2.31. The molecule has 28 heavy (non-hydrogen) atoms. The van der Waals surface area contributed by atoms with Gasteiger partial charge in [-0.05, 0) is 48.8 Å². The lowest BCUT2D eigenvalue weighted by Gasteiger charge is -2.36. The van der Waals surface area contributed by atoms with Crippen LogP contribution in [0.5, 0.6) is 11.5 Å². The van der Waals surface area contributed by atoms with Crippen LogP contribution in [0.4, 0.5) is 8.78 Å². The number of allylic oxidation sites excluding steroid dienone is 1. The van der Waals surface area contributed by atoms with Crippen LogP contribution in [0, 0.1) is 23.2 Å². The summed E-state index contributed by atoms with van der Waals surface area (Å²) in [5.74, 6) is -1.06. The van der Waals surface area contributed by atoms with E-state index < -0.39 is 18.0 Å². The van der Waals surface area contributed by atoms with E-state index in [1.165, 1.54) is 18.2 Å². The molecule has 2 atom stereocenters. The molecule has 0 aromatic heterocycles. The van der Waals surface area contributed by atoms with Gasteiger partial charge in [0.1, 0.15) is 0 Å². The van der Waals surface area contributed by atoms with E-state index in [1.54, 1.807) is 6.92 Å². The number of halogens is 2. The Morgan fingerprint density at radius 2 is 2.14 bits per heavy atom. The number of nitrogens with zero attached hydrogens (tertiary/aromatic N) is 1. The van der Waals surface area contributed by atoms with Crippen molar-refractivity contribution in [2.75, 3.05) is 6.61 Å². The molecule has 2 unspecified atom stereocenters. The third-order valence-electron chi connectivity index (χ3n) is 5.37. The summed E-state index contributed by atoms with van der Waals surface area (Å²) < 4.78 is 35.7. The molecule has 2 aliphatic carbocycles. The van der Waals surface area contributed by atoms with Crippen LogP contribution in [-0.2, 0) is 10.2 Å². The number of carboxylic acids is 1. The number of alkyl halides is 2. The summed E-state index contributed by atoms with van der Waals surface area (Å²) in [7, 11) is 0. The summed E-state index contributed by atoms with van der Waals surface area (Å²) in [4.78, 5) is 11.6. The minimum absolute atomic E-state index is 0.00801. The quantitative estimate of drug-likeness (QED) is 0.735. The minimum atomic E-state index is -3.00. The Morgan fingerprint density at radius 1 is 1.43 bits per heavy atom. The van der Waals surface area contributed by atoms with Crippen molar-refractivity contribution in [2.45, 2.75) is 44.6 Å². The Balaban J connectivity index is 1.99. The van der Waals surface area contributed by atoms with Gasteiger partial charge in [-0.1, -0.05) is 13.0 Å². The molecule has 1 fully saturated rings. The number of carbonyl (C=O) groups is 1. The minimum Gasteiger partial charge on any atom is -0.489 e. The third kappa shape index (κ3) is 4.03. The fraction of sp³-hybridized carbons (Fsp3) is 0.500. The molecule has 0 spiro atoms. The highest BCUT2D eigenvalue weighted by molar-refractivity contribution is 5.88. The molecule has 2 aliphatic rings. The van der Waals surface area contributed by atoms with E-state index in [2.05, 4.69) is 10.8 Å². The number of hydrogen-bond donors (Lipinski definition) is 2. The van der Waals surface area contributed by atoms with E-state index in [0.29, 0.717) is 24.5 Å². The predicted molar refractivity (Wildman–Crippen MR) is 95.8 cm³/mol. The van der Waals surface area contributed by atoms with E-state index in [4.69, 9.17) is 10.5 Å². The van der Waals surface area contributed by atoms with Gasteiger partial charge in [-0.25, -0.2) is 4.79 Å². The van der Waals surface area contributed by atoms with Gasteiger partial charge in [0, 0.05) is 12.1 Å². The summed E-state index contributed by atoms with van der Waals surface area (Å²) >= 11 is 0. The van der Waals surface area contributed by atoms with E-state index in [1.807, 2.05) is 0 Å². The van der Waals surface area contributed by atoms with Crippen molar-refractivity contribution >= 4 is 5.97 Å². The number of benzene rings is 1.